The number of aliphatic hydroxyl groups is 1. The molecule has 5 heteroatoms. The first-order valence-electron chi connectivity index (χ1n) is 7.06. The van der Waals surface area contributed by atoms with E-state index in [0.29, 0.717) is 4.86 Å². The van der Waals surface area contributed by atoms with Gasteiger partial charge in [0, 0.05) is 0 Å². The van der Waals surface area contributed by atoms with Crippen molar-refractivity contribution in [2.75, 3.05) is 6.54 Å². The fraction of sp³-hybridized carbons (Fsp3) is 1.00. The standard InChI is InChI=1S/C13H22N2O3/c1-9(16)8-15(17)14-18-13-5-10-2-11(6-13)4-12(3-10)7-13/h9-12,16H,2-8H2,1H3/b15-14-. The molecule has 102 valence electrons. The van der Waals surface area contributed by atoms with Gasteiger partial charge in [-0.3, -0.25) is 0 Å². The Morgan fingerprint density at radius 2 is 1.78 bits per heavy atom. The summed E-state index contributed by atoms with van der Waals surface area (Å²) in [5.74, 6) is 2.34. The molecule has 4 saturated carbocycles. The van der Waals surface area contributed by atoms with Crippen LogP contribution in [0.15, 0.2) is 5.28 Å². The molecule has 18 heavy (non-hydrogen) atoms. The third-order valence-corrected chi connectivity index (χ3v) is 4.73. The number of aliphatic hydroxyl groups excluding tert-OH is 1. The summed E-state index contributed by atoms with van der Waals surface area (Å²) in [5.41, 5.74) is -0.171. The predicted octanol–water partition coefficient (Wildman–Crippen LogP) is 2.23. The lowest BCUT2D eigenvalue weighted by atomic mass is 9.54. The molecule has 0 aromatic rings. The summed E-state index contributed by atoms with van der Waals surface area (Å²) in [7, 11) is 0. The normalized spacial score (nSPS) is 44.1. The van der Waals surface area contributed by atoms with Gasteiger partial charge in [0.1, 0.15) is 11.7 Å². The Labute approximate surface area is 107 Å². The van der Waals surface area contributed by atoms with Gasteiger partial charge in [-0.05, 0) is 63.2 Å². The van der Waals surface area contributed by atoms with Crippen LogP contribution in [0.25, 0.3) is 0 Å². The minimum absolute atomic E-state index is 0.0215. The molecular formula is C13H22N2O3. The molecule has 1 unspecified atom stereocenters. The van der Waals surface area contributed by atoms with Crippen LogP contribution >= 0.6 is 0 Å². The van der Waals surface area contributed by atoms with Crippen LogP contribution in [0.4, 0.5) is 0 Å². The summed E-state index contributed by atoms with van der Waals surface area (Å²) in [6.07, 6.45) is 6.54. The van der Waals surface area contributed by atoms with Gasteiger partial charge in [-0.2, -0.15) is 0 Å². The van der Waals surface area contributed by atoms with Crippen molar-refractivity contribution in [2.45, 2.75) is 57.2 Å². The highest BCUT2D eigenvalue weighted by Crippen LogP contribution is 2.57. The molecule has 4 rings (SSSR count). The van der Waals surface area contributed by atoms with E-state index in [2.05, 4.69) is 5.28 Å². The predicted molar refractivity (Wildman–Crippen MR) is 64.6 cm³/mol. The van der Waals surface area contributed by atoms with E-state index in [0.717, 1.165) is 37.0 Å². The first-order chi connectivity index (χ1) is 8.55. The SMILES string of the molecule is CC(O)C/[N+]([O-])=N/OC12CC3CC(CC(C3)C1)C2. The molecule has 0 aromatic heterocycles. The largest absolute Gasteiger partial charge is 0.597 e. The monoisotopic (exact) mass is 254 g/mol. The zero-order valence-corrected chi connectivity index (χ0v) is 10.9. The van der Waals surface area contributed by atoms with Crippen LogP contribution in [-0.4, -0.2) is 28.2 Å². The second kappa shape index (κ2) is 4.37. The van der Waals surface area contributed by atoms with Crippen LogP contribution in [0.2, 0.25) is 0 Å². The third kappa shape index (κ3) is 2.32. The Morgan fingerprint density at radius 3 is 2.22 bits per heavy atom. The van der Waals surface area contributed by atoms with Gasteiger partial charge in [0.05, 0.1) is 0 Å². The van der Waals surface area contributed by atoms with E-state index in [1.165, 1.54) is 19.3 Å². The Hall–Kier alpha value is -0.840. The van der Waals surface area contributed by atoms with Gasteiger partial charge in [0.2, 0.25) is 11.8 Å². The van der Waals surface area contributed by atoms with Crippen molar-refractivity contribution < 1.29 is 14.8 Å². The number of hydrogen-bond donors (Lipinski definition) is 1. The molecule has 0 spiro atoms. The number of hydrogen-bond acceptors (Lipinski definition) is 4. The minimum Gasteiger partial charge on any atom is -0.597 e. The lowest BCUT2D eigenvalue weighted by Crippen LogP contribution is -2.51. The van der Waals surface area contributed by atoms with E-state index in [4.69, 9.17) is 9.94 Å². The Kier molecular flexibility index (Phi) is 2.96. The molecule has 0 radical (unpaired) electrons. The second-order valence-electron chi connectivity index (χ2n) is 6.66. The molecular weight excluding hydrogens is 232 g/mol. The van der Waals surface area contributed by atoms with Crippen LogP contribution in [-0.2, 0) is 4.84 Å². The summed E-state index contributed by atoms with van der Waals surface area (Å²) in [6, 6.07) is 0. The van der Waals surface area contributed by atoms with Crippen molar-refractivity contribution in [3.8, 4) is 0 Å². The first-order valence-corrected chi connectivity index (χ1v) is 7.06. The molecule has 0 amide bonds. The molecule has 0 aliphatic heterocycles. The maximum atomic E-state index is 11.4. The zero-order chi connectivity index (χ0) is 12.8. The van der Waals surface area contributed by atoms with Crippen LogP contribution in [0.5, 0.6) is 0 Å². The lowest BCUT2D eigenvalue weighted by Gasteiger charge is -2.54. The first kappa shape index (κ1) is 12.2. The Balaban J connectivity index is 1.65. The molecule has 4 bridgehead atoms. The second-order valence-corrected chi connectivity index (χ2v) is 6.66. The molecule has 4 fully saturated rings. The molecule has 1 atom stereocenters. The number of rotatable bonds is 4. The highest BCUT2D eigenvalue weighted by Gasteiger charge is 2.53. The van der Waals surface area contributed by atoms with Crippen LogP contribution in [0.1, 0.15) is 45.4 Å². The molecule has 0 aromatic carbocycles. The van der Waals surface area contributed by atoms with E-state index >= 15 is 0 Å². The van der Waals surface area contributed by atoms with Crippen molar-refractivity contribution in [1.82, 2.24) is 0 Å². The summed E-state index contributed by atoms with van der Waals surface area (Å²) in [4.78, 5) is 6.11. The van der Waals surface area contributed by atoms with Crippen molar-refractivity contribution in [2.24, 2.45) is 23.0 Å². The van der Waals surface area contributed by atoms with Gasteiger partial charge < -0.3 is 15.2 Å². The molecule has 0 heterocycles. The van der Waals surface area contributed by atoms with E-state index in [1.807, 2.05) is 0 Å². The van der Waals surface area contributed by atoms with Gasteiger partial charge >= 0.3 is 0 Å². The Morgan fingerprint density at radius 1 is 1.28 bits per heavy atom. The summed E-state index contributed by atoms with van der Waals surface area (Å²) in [5, 5.41) is 24.2. The molecule has 4 aliphatic rings. The smallest absolute Gasteiger partial charge is 0.209 e. The molecule has 4 aliphatic carbocycles. The van der Waals surface area contributed by atoms with Crippen molar-refractivity contribution in [3.05, 3.63) is 5.21 Å². The van der Waals surface area contributed by atoms with Crippen molar-refractivity contribution >= 4 is 0 Å². The highest BCUT2D eigenvalue weighted by molar-refractivity contribution is 5.02. The average molecular weight is 254 g/mol. The fourth-order valence-corrected chi connectivity index (χ4v) is 4.53. The van der Waals surface area contributed by atoms with E-state index in [1.54, 1.807) is 6.92 Å². The quantitative estimate of drug-likeness (QED) is 0.475. The van der Waals surface area contributed by atoms with Crippen LogP contribution in [0.3, 0.4) is 0 Å². The van der Waals surface area contributed by atoms with E-state index in [-0.39, 0.29) is 12.1 Å². The summed E-state index contributed by atoms with van der Waals surface area (Å²) < 4.78 is 0. The third-order valence-electron chi connectivity index (χ3n) is 4.73. The molecule has 0 saturated heterocycles. The van der Waals surface area contributed by atoms with Gasteiger partial charge in [0.25, 0.3) is 0 Å². The van der Waals surface area contributed by atoms with Gasteiger partial charge in [-0.15, -0.1) is 0 Å². The van der Waals surface area contributed by atoms with E-state index < -0.39 is 6.10 Å². The number of hydroxylamine groups is 1. The van der Waals surface area contributed by atoms with Crippen molar-refractivity contribution in [3.63, 3.8) is 0 Å². The Bertz CT molecular complexity index is 319. The van der Waals surface area contributed by atoms with E-state index in [9.17, 15) is 5.21 Å². The van der Waals surface area contributed by atoms with Gasteiger partial charge in [-0.25, -0.2) is 0 Å². The lowest BCUT2D eigenvalue weighted by molar-refractivity contribution is -0.572. The van der Waals surface area contributed by atoms with Crippen molar-refractivity contribution in [1.29, 1.82) is 0 Å². The molecule has 5 nitrogen and oxygen atoms in total. The maximum Gasteiger partial charge on any atom is 0.209 e. The summed E-state index contributed by atoms with van der Waals surface area (Å²) in [6.45, 7) is 1.55. The van der Waals surface area contributed by atoms with Gasteiger partial charge in [-0.1, -0.05) is 4.86 Å². The molecule has 1 N–H and O–H groups in total. The topological polar surface area (TPSA) is 67.9 Å². The van der Waals surface area contributed by atoms with Crippen LogP contribution in [0, 0.1) is 23.0 Å². The number of nitrogens with zero attached hydrogens (tertiary/aromatic N) is 2. The summed E-state index contributed by atoms with van der Waals surface area (Å²) >= 11 is 0. The fourth-order valence-electron chi connectivity index (χ4n) is 4.53. The minimum atomic E-state index is -0.675. The highest BCUT2D eigenvalue weighted by atomic mass is 16.7. The van der Waals surface area contributed by atoms with Gasteiger partial charge in [0.15, 0.2) is 0 Å². The maximum absolute atomic E-state index is 11.4. The van der Waals surface area contributed by atoms with Crippen LogP contribution < -0.4 is 0 Å². The average Bonchev–Trinajstić information content (AvgIpc) is 2.23. The zero-order valence-electron chi connectivity index (χ0n) is 10.9.